The first-order valence-electron chi connectivity index (χ1n) is 8.79. The highest BCUT2D eigenvalue weighted by molar-refractivity contribution is 5.98. The van der Waals surface area contributed by atoms with Crippen LogP contribution in [-0.4, -0.2) is 57.7 Å². The molecule has 0 aliphatic rings. The molecule has 146 valence electrons. The number of ether oxygens (including phenoxy) is 3. The maximum Gasteiger partial charge on any atom is 0.242 e. The van der Waals surface area contributed by atoms with Gasteiger partial charge in [-0.25, -0.2) is 0 Å². The zero-order chi connectivity index (χ0) is 19.7. The Hall–Kier alpha value is -2.44. The highest BCUT2D eigenvalue weighted by Gasteiger charge is 2.23. The molecule has 2 amide bonds. The average Bonchev–Trinajstić information content (AvgIpc) is 2.64. The van der Waals surface area contributed by atoms with Gasteiger partial charge >= 0.3 is 0 Å². The molecule has 7 nitrogen and oxygen atoms in total. The summed E-state index contributed by atoms with van der Waals surface area (Å²) in [6.07, 6.45) is 1.74. The second kappa shape index (κ2) is 10.5. The Bertz CT molecular complexity index is 587. The third-order valence-electron chi connectivity index (χ3n) is 3.97. The van der Waals surface area contributed by atoms with Gasteiger partial charge in [0.2, 0.25) is 17.6 Å². The Morgan fingerprint density at radius 3 is 1.77 bits per heavy atom. The molecule has 7 heteroatoms. The first-order valence-corrected chi connectivity index (χ1v) is 8.79. The van der Waals surface area contributed by atoms with Gasteiger partial charge in [-0.05, 0) is 12.8 Å². The van der Waals surface area contributed by atoms with E-state index < -0.39 is 0 Å². The zero-order valence-corrected chi connectivity index (χ0v) is 16.6. The van der Waals surface area contributed by atoms with E-state index in [4.69, 9.17) is 14.2 Å². The van der Waals surface area contributed by atoms with Gasteiger partial charge in [0.1, 0.15) is 6.54 Å². The molecule has 0 atom stereocenters. The van der Waals surface area contributed by atoms with Crippen LogP contribution in [0.1, 0.15) is 33.6 Å². The SMILES string of the molecule is CCCN(CCC)C(=O)CN(C(C)=O)c1cc(OC)c(OC)c(OC)c1. The van der Waals surface area contributed by atoms with Crippen molar-refractivity contribution in [2.45, 2.75) is 33.6 Å². The van der Waals surface area contributed by atoms with Crippen molar-refractivity contribution in [1.29, 1.82) is 0 Å². The summed E-state index contributed by atoms with van der Waals surface area (Å²) >= 11 is 0. The maximum atomic E-state index is 12.7. The normalized spacial score (nSPS) is 10.2. The summed E-state index contributed by atoms with van der Waals surface area (Å²) in [6.45, 7) is 6.80. The van der Waals surface area contributed by atoms with Gasteiger partial charge in [-0.1, -0.05) is 13.8 Å². The Morgan fingerprint density at radius 2 is 1.42 bits per heavy atom. The minimum atomic E-state index is -0.236. The van der Waals surface area contributed by atoms with Gasteiger partial charge in [-0.3, -0.25) is 9.59 Å². The fourth-order valence-electron chi connectivity index (χ4n) is 2.74. The van der Waals surface area contributed by atoms with E-state index in [1.807, 2.05) is 13.8 Å². The maximum absolute atomic E-state index is 12.7. The van der Waals surface area contributed by atoms with E-state index in [-0.39, 0.29) is 18.4 Å². The van der Waals surface area contributed by atoms with Crippen LogP contribution >= 0.6 is 0 Å². The lowest BCUT2D eigenvalue weighted by Gasteiger charge is -2.27. The molecule has 0 aliphatic heterocycles. The topological polar surface area (TPSA) is 68.3 Å². The van der Waals surface area contributed by atoms with Crippen LogP contribution in [0.2, 0.25) is 0 Å². The largest absolute Gasteiger partial charge is 0.493 e. The molecule has 1 aromatic carbocycles. The summed E-state index contributed by atoms with van der Waals surface area (Å²) in [6, 6.07) is 3.33. The van der Waals surface area contributed by atoms with Gasteiger partial charge in [0.25, 0.3) is 0 Å². The predicted octanol–water partition coefficient (Wildman–Crippen LogP) is 2.71. The number of methoxy groups -OCH3 is 3. The van der Waals surface area contributed by atoms with Gasteiger partial charge in [0.15, 0.2) is 11.5 Å². The van der Waals surface area contributed by atoms with Crippen molar-refractivity contribution < 1.29 is 23.8 Å². The van der Waals surface area contributed by atoms with Crippen LogP contribution in [0, 0.1) is 0 Å². The number of benzene rings is 1. The third-order valence-corrected chi connectivity index (χ3v) is 3.97. The molecule has 26 heavy (non-hydrogen) atoms. The third kappa shape index (κ3) is 5.28. The Kier molecular flexibility index (Phi) is 8.75. The number of nitrogens with zero attached hydrogens (tertiary/aromatic N) is 2. The van der Waals surface area contributed by atoms with Crippen LogP contribution in [0.25, 0.3) is 0 Å². The molecular formula is C19H30N2O5. The van der Waals surface area contributed by atoms with Crippen molar-refractivity contribution in [3.05, 3.63) is 12.1 Å². The van der Waals surface area contributed by atoms with Crippen LogP contribution in [0.3, 0.4) is 0 Å². The van der Waals surface area contributed by atoms with E-state index in [1.54, 1.807) is 17.0 Å². The molecule has 0 unspecified atom stereocenters. The van der Waals surface area contributed by atoms with Gasteiger partial charge in [0, 0.05) is 32.1 Å². The summed E-state index contributed by atoms with van der Waals surface area (Å²) in [4.78, 5) is 28.1. The number of hydrogen-bond donors (Lipinski definition) is 0. The predicted molar refractivity (Wildman–Crippen MR) is 101 cm³/mol. The lowest BCUT2D eigenvalue weighted by atomic mass is 10.2. The number of amides is 2. The highest BCUT2D eigenvalue weighted by Crippen LogP contribution is 2.41. The van der Waals surface area contributed by atoms with Crippen LogP contribution in [0.15, 0.2) is 12.1 Å². The Labute approximate surface area is 155 Å². The summed E-state index contributed by atoms with van der Waals surface area (Å²) < 4.78 is 16.0. The minimum absolute atomic E-state index is 0.0338. The minimum Gasteiger partial charge on any atom is -0.493 e. The molecule has 0 saturated heterocycles. The molecule has 0 aliphatic carbocycles. The monoisotopic (exact) mass is 366 g/mol. The molecule has 0 N–H and O–H groups in total. The smallest absolute Gasteiger partial charge is 0.242 e. The molecule has 0 bridgehead atoms. The van der Waals surface area contributed by atoms with E-state index in [1.165, 1.54) is 33.2 Å². The van der Waals surface area contributed by atoms with E-state index in [9.17, 15) is 9.59 Å². The molecule has 1 aromatic rings. The molecule has 0 fully saturated rings. The van der Waals surface area contributed by atoms with E-state index in [0.717, 1.165) is 12.8 Å². The lowest BCUT2D eigenvalue weighted by Crippen LogP contribution is -2.43. The average molecular weight is 366 g/mol. The van der Waals surface area contributed by atoms with E-state index >= 15 is 0 Å². The van der Waals surface area contributed by atoms with Crippen LogP contribution in [0.5, 0.6) is 17.2 Å². The lowest BCUT2D eigenvalue weighted by molar-refractivity contribution is -0.131. The first-order chi connectivity index (χ1) is 12.4. The van der Waals surface area contributed by atoms with Gasteiger partial charge in [-0.2, -0.15) is 0 Å². The second-order valence-electron chi connectivity index (χ2n) is 5.87. The number of hydrogen-bond acceptors (Lipinski definition) is 5. The summed E-state index contributed by atoms with van der Waals surface area (Å²) in [7, 11) is 4.53. The molecule has 0 heterocycles. The van der Waals surface area contributed by atoms with Crippen molar-refractivity contribution in [2.75, 3.05) is 45.9 Å². The molecule has 0 spiro atoms. The van der Waals surface area contributed by atoms with Crippen LogP contribution in [0.4, 0.5) is 5.69 Å². The van der Waals surface area contributed by atoms with Crippen molar-refractivity contribution in [3.63, 3.8) is 0 Å². The van der Waals surface area contributed by atoms with Gasteiger partial charge in [-0.15, -0.1) is 0 Å². The molecule has 0 aromatic heterocycles. The molecular weight excluding hydrogens is 336 g/mol. The fraction of sp³-hybridized carbons (Fsp3) is 0.579. The summed E-state index contributed by atoms with van der Waals surface area (Å²) in [5.41, 5.74) is 0.522. The molecule has 0 radical (unpaired) electrons. The number of rotatable bonds is 10. The van der Waals surface area contributed by atoms with Gasteiger partial charge < -0.3 is 24.0 Å². The van der Waals surface area contributed by atoms with Crippen molar-refractivity contribution in [2.24, 2.45) is 0 Å². The molecule has 0 saturated carbocycles. The summed E-state index contributed by atoms with van der Waals surface area (Å²) in [5, 5.41) is 0. The first kappa shape index (κ1) is 21.6. The molecule has 1 rings (SSSR count). The number of carbonyl (C=O) groups excluding carboxylic acids is 2. The second-order valence-corrected chi connectivity index (χ2v) is 5.87. The Balaban J connectivity index is 3.21. The van der Waals surface area contributed by atoms with Crippen molar-refractivity contribution >= 4 is 17.5 Å². The fourth-order valence-corrected chi connectivity index (χ4v) is 2.74. The highest BCUT2D eigenvalue weighted by atomic mass is 16.5. The number of carbonyl (C=O) groups is 2. The number of anilines is 1. The van der Waals surface area contributed by atoms with Gasteiger partial charge in [0.05, 0.1) is 27.0 Å². The van der Waals surface area contributed by atoms with Crippen LogP contribution in [-0.2, 0) is 9.59 Å². The van der Waals surface area contributed by atoms with Crippen molar-refractivity contribution in [3.8, 4) is 17.2 Å². The quantitative estimate of drug-likeness (QED) is 0.637. The standard InChI is InChI=1S/C19H30N2O5/c1-7-9-20(10-8-2)18(23)13-21(14(3)22)15-11-16(24-4)19(26-6)17(12-15)25-5/h11-12H,7-10,13H2,1-6H3. The zero-order valence-electron chi connectivity index (χ0n) is 16.6. The van der Waals surface area contributed by atoms with E-state index in [0.29, 0.717) is 36.0 Å². The summed E-state index contributed by atoms with van der Waals surface area (Å²) in [5.74, 6) is 0.976. The van der Waals surface area contributed by atoms with Crippen LogP contribution < -0.4 is 19.1 Å². The Morgan fingerprint density at radius 1 is 0.923 bits per heavy atom. The van der Waals surface area contributed by atoms with Crippen molar-refractivity contribution in [1.82, 2.24) is 4.90 Å². The van der Waals surface area contributed by atoms with E-state index in [2.05, 4.69) is 0 Å².